The Morgan fingerprint density at radius 2 is 1.50 bits per heavy atom. The second kappa shape index (κ2) is 4.86. The Balaban J connectivity index is 4.23. The predicted molar refractivity (Wildman–Crippen MR) is 56.5 cm³/mol. The maximum atomic E-state index is 2.52. The molecular formula is C11H25N. The maximum absolute atomic E-state index is 2.52. The highest BCUT2D eigenvalue weighted by Crippen LogP contribution is 2.21. The van der Waals surface area contributed by atoms with E-state index in [9.17, 15) is 0 Å². The summed E-state index contributed by atoms with van der Waals surface area (Å²) >= 11 is 0. The van der Waals surface area contributed by atoms with Crippen molar-refractivity contribution in [2.45, 2.75) is 65.5 Å². The molecule has 1 heteroatoms. The summed E-state index contributed by atoms with van der Waals surface area (Å²) in [6.07, 6.45) is 3.74. The largest absolute Gasteiger partial charge is 0.298 e. The number of hydrogen-bond donors (Lipinski definition) is 0. The summed E-state index contributed by atoms with van der Waals surface area (Å²) in [5, 5.41) is 0. The van der Waals surface area contributed by atoms with Crippen molar-refractivity contribution in [3.05, 3.63) is 0 Å². The molecular weight excluding hydrogens is 146 g/mol. The van der Waals surface area contributed by atoms with Crippen LogP contribution >= 0.6 is 0 Å². The van der Waals surface area contributed by atoms with E-state index in [0.29, 0.717) is 5.54 Å². The van der Waals surface area contributed by atoms with Crippen LogP contribution in [0.25, 0.3) is 0 Å². The highest BCUT2D eigenvalue weighted by molar-refractivity contribution is 4.81. The van der Waals surface area contributed by atoms with Crippen LogP contribution in [0, 0.1) is 0 Å². The van der Waals surface area contributed by atoms with E-state index >= 15 is 0 Å². The Morgan fingerprint density at radius 3 is 1.75 bits per heavy atom. The van der Waals surface area contributed by atoms with Crippen LogP contribution in [0.2, 0.25) is 0 Å². The Kier molecular flexibility index (Phi) is 4.84. The first-order valence-electron chi connectivity index (χ1n) is 5.22. The van der Waals surface area contributed by atoms with Crippen LogP contribution in [0.15, 0.2) is 0 Å². The van der Waals surface area contributed by atoms with Gasteiger partial charge in [0.05, 0.1) is 0 Å². The molecule has 0 spiro atoms. The molecule has 1 nitrogen and oxygen atoms in total. The zero-order valence-corrected chi connectivity index (χ0v) is 9.65. The topological polar surface area (TPSA) is 3.24 Å². The van der Waals surface area contributed by atoms with Crippen LogP contribution in [0.1, 0.15) is 53.9 Å². The third-order valence-corrected chi connectivity index (χ3v) is 3.31. The van der Waals surface area contributed by atoms with Gasteiger partial charge in [-0.3, -0.25) is 4.90 Å². The molecule has 0 aromatic heterocycles. The van der Waals surface area contributed by atoms with Crippen LogP contribution in [-0.4, -0.2) is 23.5 Å². The van der Waals surface area contributed by atoms with Gasteiger partial charge in [0.1, 0.15) is 0 Å². The lowest BCUT2D eigenvalue weighted by Gasteiger charge is -2.40. The lowest BCUT2D eigenvalue weighted by molar-refractivity contribution is 0.0919. The lowest BCUT2D eigenvalue weighted by atomic mass is 9.96. The molecule has 0 aliphatic heterocycles. The van der Waals surface area contributed by atoms with Crippen molar-refractivity contribution in [2.24, 2.45) is 0 Å². The van der Waals surface area contributed by atoms with Crippen molar-refractivity contribution in [2.75, 3.05) is 7.05 Å². The van der Waals surface area contributed by atoms with E-state index in [1.807, 2.05) is 0 Å². The molecule has 0 unspecified atom stereocenters. The van der Waals surface area contributed by atoms with Gasteiger partial charge in [0.15, 0.2) is 0 Å². The summed E-state index contributed by atoms with van der Waals surface area (Å²) in [6, 6.07) is 0.750. The van der Waals surface area contributed by atoms with E-state index in [4.69, 9.17) is 0 Å². The average Bonchev–Trinajstić information content (AvgIpc) is 2.06. The Labute approximate surface area is 78.1 Å². The van der Waals surface area contributed by atoms with Gasteiger partial charge < -0.3 is 0 Å². The molecule has 74 valence electrons. The van der Waals surface area contributed by atoms with E-state index in [1.54, 1.807) is 0 Å². The first-order valence-corrected chi connectivity index (χ1v) is 5.22. The highest BCUT2D eigenvalue weighted by Gasteiger charge is 2.25. The molecule has 0 bridgehead atoms. The van der Waals surface area contributed by atoms with Gasteiger partial charge >= 0.3 is 0 Å². The SMILES string of the molecule is CCC(CC)N(C)C(C)(C)CC. The molecule has 0 aromatic carbocycles. The van der Waals surface area contributed by atoms with E-state index in [0.717, 1.165) is 6.04 Å². The second-order valence-electron chi connectivity index (χ2n) is 4.25. The second-order valence-corrected chi connectivity index (χ2v) is 4.25. The minimum absolute atomic E-state index is 0.358. The number of rotatable bonds is 5. The Morgan fingerprint density at radius 1 is 1.08 bits per heavy atom. The summed E-state index contributed by atoms with van der Waals surface area (Å²) in [6.45, 7) is 11.5. The molecule has 0 N–H and O–H groups in total. The van der Waals surface area contributed by atoms with Gasteiger partial charge in [0.25, 0.3) is 0 Å². The van der Waals surface area contributed by atoms with E-state index < -0.39 is 0 Å². The van der Waals surface area contributed by atoms with Crippen molar-refractivity contribution < 1.29 is 0 Å². The fourth-order valence-corrected chi connectivity index (χ4v) is 1.58. The molecule has 0 saturated heterocycles. The highest BCUT2D eigenvalue weighted by atomic mass is 15.2. The monoisotopic (exact) mass is 171 g/mol. The lowest BCUT2D eigenvalue weighted by Crippen LogP contribution is -2.46. The summed E-state index contributed by atoms with van der Waals surface area (Å²) in [4.78, 5) is 2.52. The smallest absolute Gasteiger partial charge is 0.0150 e. The first-order chi connectivity index (χ1) is 5.49. The summed E-state index contributed by atoms with van der Waals surface area (Å²) in [5.74, 6) is 0. The van der Waals surface area contributed by atoms with Crippen LogP contribution in [0.4, 0.5) is 0 Å². The zero-order valence-electron chi connectivity index (χ0n) is 9.65. The van der Waals surface area contributed by atoms with Crippen molar-refractivity contribution in [1.29, 1.82) is 0 Å². The predicted octanol–water partition coefficient (Wildman–Crippen LogP) is 3.30. The van der Waals surface area contributed by atoms with Gasteiger partial charge in [0, 0.05) is 11.6 Å². The molecule has 0 fully saturated rings. The van der Waals surface area contributed by atoms with Crippen LogP contribution in [0.3, 0.4) is 0 Å². The van der Waals surface area contributed by atoms with Crippen LogP contribution in [0.5, 0.6) is 0 Å². The fraction of sp³-hybridized carbons (Fsp3) is 1.00. The van der Waals surface area contributed by atoms with E-state index in [1.165, 1.54) is 19.3 Å². The molecule has 0 saturated carbocycles. The summed E-state index contributed by atoms with van der Waals surface area (Å²) in [7, 11) is 2.25. The van der Waals surface area contributed by atoms with E-state index in [2.05, 4.69) is 46.6 Å². The standard InChI is InChI=1S/C11H25N/c1-7-10(8-2)12(6)11(4,5)9-3/h10H,7-9H2,1-6H3. The Bertz CT molecular complexity index is 114. The summed E-state index contributed by atoms with van der Waals surface area (Å²) in [5.41, 5.74) is 0.358. The number of hydrogen-bond acceptors (Lipinski definition) is 1. The minimum Gasteiger partial charge on any atom is -0.298 e. The normalized spacial score (nSPS) is 13.0. The molecule has 0 aliphatic carbocycles. The third-order valence-electron chi connectivity index (χ3n) is 3.31. The fourth-order valence-electron chi connectivity index (χ4n) is 1.58. The summed E-state index contributed by atoms with van der Waals surface area (Å²) < 4.78 is 0. The molecule has 0 amide bonds. The van der Waals surface area contributed by atoms with Crippen molar-refractivity contribution in [3.63, 3.8) is 0 Å². The van der Waals surface area contributed by atoms with Crippen molar-refractivity contribution in [1.82, 2.24) is 4.90 Å². The van der Waals surface area contributed by atoms with Gasteiger partial charge in [-0.05, 0) is 40.2 Å². The third kappa shape index (κ3) is 2.78. The Hall–Kier alpha value is -0.0400. The quantitative estimate of drug-likeness (QED) is 0.613. The van der Waals surface area contributed by atoms with Gasteiger partial charge in [0.2, 0.25) is 0 Å². The van der Waals surface area contributed by atoms with Crippen molar-refractivity contribution >= 4 is 0 Å². The first kappa shape index (κ1) is 12.0. The molecule has 0 aromatic rings. The number of nitrogens with zero attached hydrogens (tertiary/aromatic N) is 1. The average molecular weight is 171 g/mol. The molecule has 12 heavy (non-hydrogen) atoms. The van der Waals surface area contributed by atoms with Gasteiger partial charge in [-0.1, -0.05) is 20.8 Å². The van der Waals surface area contributed by atoms with E-state index in [-0.39, 0.29) is 0 Å². The van der Waals surface area contributed by atoms with Gasteiger partial charge in [-0.25, -0.2) is 0 Å². The van der Waals surface area contributed by atoms with Gasteiger partial charge in [-0.15, -0.1) is 0 Å². The maximum Gasteiger partial charge on any atom is 0.0150 e. The molecule has 0 radical (unpaired) electrons. The molecule has 0 heterocycles. The van der Waals surface area contributed by atoms with Crippen LogP contribution in [-0.2, 0) is 0 Å². The molecule has 0 aliphatic rings. The van der Waals surface area contributed by atoms with Gasteiger partial charge in [-0.2, -0.15) is 0 Å². The minimum atomic E-state index is 0.358. The zero-order chi connectivity index (χ0) is 9.78. The van der Waals surface area contributed by atoms with Crippen molar-refractivity contribution in [3.8, 4) is 0 Å². The van der Waals surface area contributed by atoms with Crippen LogP contribution < -0.4 is 0 Å². The molecule has 0 atom stereocenters. The molecule has 0 rings (SSSR count).